The normalized spacial score (nSPS) is 5.65. The van der Waals surface area contributed by atoms with Gasteiger partial charge in [0.2, 0.25) is 0 Å². The van der Waals surface area contributed by atoms with Crippen molar-refractivity contribution in [2.24, 2.45) is 0 Å². The zero-order valence-electron chi connectivity index (χ0n) is 10.3. The maximum Gasteiger partial charge on any atom is 4.00 e. The van der Waals surface area contributed by atoms with Crippen LogP contribution in [-0.2, 0) is 136 Å². The Morgan fingerprint density at radius 1 is 0.348 bits per heavy atom. The second kappa shape index (κ2) is 45.1. The van der Waals surface area contributed by atoms with E-state index in [0.29, 0.717) is 0 Å². The summed E-state index contributed by atoms with van der Waals surface area (Å²) in [5.74, 6) is 0. The van der Waals surface area contributed by atoms with Gasteiger partial charge in [0, 0.05) is 0 Å². The molecule has 0 heterocycles. The first kappa shape index (κ1) is 50.6. The summed E-state index contributed by atoms with van der Waals surface area (Å²) in [5.41, 5.74) is 0. The van der Waals surface area contributed by atoms with E-state index in [1.807, 2.05) is 0 Å². The Bertz CT molecular complexity index is 217. The van der Waals surface area contributed by atoms with Gasteiger partial charge in [0.1, 0.15) is 0 Å². The average Bonchev–Trinajstić information content (AvgIpc) is 1.94. The summed E-state index contributed by atoms with van der Waals surface area (Å²) in [4.78, 5) is 0. The standard InChI is InChI=1S/2Al.15O.5Ti.Zr/q2*+3;;;;;;10*-1;;;;;;+4. The van der Waals surface area contributed by atoms with E-state index in [1.54, 1.807) is 0 Å². The van der Waals surface area contributed by atoms with Crippen molar-refractivity contribution in [3.8, 4) is 0 Å². The van der Waals surface area contributed by atoms with Crippen LogP contribution in [0.4, 0.5) is 0 Å². The zero-order chi connectivity index (χ0) is 17.9. The van der Waals surface area contributed by atoms with Gasteiger partial charge in [0.05, 0.1) is 0 Å². The molecule has 0 aromatic heterocycles. The summed E-state index contributed by atoms with van der Waals surface area (Å²) in [6.07, 6.45) is 0. The molecule has 15 nitrogen and oxygen atoms in total. The molecule has 0 rings (SSSR count). The second-order valence-corrected chi connectivity index (χ2v) is 5.15. The summed E-state index contributed by atoms with van der Waals surface area (Å²) < 4.78 is 129. The van der Waals surface area contributed by atoms with Crippen molar-refractivity contribution in [1.82, 2.24) is 0 Å². The Hall–Kier alpha value is 4.12. The van der Waals surface area contributed by atoms with Crippen LogP contribution in [0.2, 0.25) is 0 Å². The smallest absolute Gasteiger partial charge is 4.00 e. The summed E-state index contributed by atoms with van der Waals surface area (Å²) >= 11 is -20.4. The summed E-state index contributed by atoms with van der Waals surface area (Å²) in [6.45, 7) is 0. The average molecular weight is 625 g/mol. The molecule has 0 radical (unpaired) electrons. The quantitative estimate of drug-likeness (QED) is 0.226. The molecular weight excluding hydrogens is 625 g/mol. The van der Waals surface area contributed by atoms with E-state index in [1.165, 1.54) is 0 Å². The largest absolute Gasteiger partial charge is 4.00 e. The van der Waals surface area contributed by atoms with Crippen LogP contribution in [0.1, 0.15) is 0 Å². The fourth-order valence-corrected chi connectivity index (χ4v) is 0. The topological polar surface area (TPSA) is 316 Å². The maximum absolute atomic E-state index is 8.58. The maximum atomic E-state index is 8.58. The van der Waals surface area contributed by atoms with E-state index >= 15 is 0 Å². The van der Waals surface area contributed by atoms with Crippen LogP contribution in [0.25, 0.3) is 0 Å². The van der Waals surface area contributed by atoms with E-state index in [9.17, 15) is 0 Å². The van der Waals surface area contributed by atoms with Gasteiger partial charge in [-0.2, -0.15) is 0 Å². The minimum Gasteiger partial charge on any atom is 4.00 e. The van der Waals surface area contributed by atoms with Crippen LogP contribution in [0, 0.1) is 0 Å². The number of rotatable bonds is 0. The second-order valence-electron chi connectivity index (χ2n) is 1.25. The molecule has 23 heteroatoms. The first-order valence-corrected chi connectivity index (χ1v) is 12.6. The summed E-state index contributed by atoms with van der Waals surface area (Å²) in [5, 5.41) is 0. The Morgan fingerprint density at radius 2 is 0.348 bits per heavy atom. The van der Waals surface area contributed by atoms with Crippen molar-refractivity contribution in [2.45, 2.75) is 0 Å². The van der Waals surface area contributed by atoms with Gasteiger partial charge in [0.25, 0.3) is 0 Å². The molecule has 0 saturated heterocycles. The molecular formula is Al2O15Ti5Zr. The Morgan fingerprint density at radius 3 is 0.348 bits per heavy atom. The van der Waals surface area contributed by atoms with Crippen LogP contribution >= 0.6 is 0 Å². The van der Waals surface area contributed by atoms with Gasteiger partial charge in [-0.3, -0.25) is 0 Å². The molecule has 0 N–H and O–H groups in total. The van der Waals surface area contributed by atoms with E-state index in [2.05, 4.69) is 0 Å². The molecule has 0 unspecified atom stereocenters. The molecule has 0 bridgehead atoms. The van der Waals surface area contributed by atoms with Crippen molar-refractivity contribution in [3.63, 3.8) is 0 Å². The molecule has 0 fully saturated rings. The Kier molecular flexibility index (Phi) is 99.2. The van der Waals surface area contributed by atoms with Gasteiger partial charge in [0.15, 0.2) is 0 Å². The van der Waals surface area contributed by atoms with E-state index in [-0.39, 0.29) is 60.9 Å². The number of hydrogen-bond donors (Lipinski definition) is 0. The van der Waals surface area contributed by atoms with Crippen LogP contribution in [0.5, 0.6) is 0 Å². The van der Waals surface area contributed by atoms with Gasteiger partial charge in [-0.25, -0.2) is 0 Å². The van der Waals surface area contributed by atoms with Crippen LogP contribution < -0.4 is 36.9 Å². The molecule has 0 aliphatic rings. The molecule has 0 spiro atoms. The molecule has 120 valence electrons. The van der Waals surface area contributed by atoms with Gasteiger partial charge in [-0.05, 0) is 0 Å². The summed E-state index contributed by atoms with van der Waals surface area (Å²) in [7, 11) is 0. The zero-order valence-corrected chi connectivity index (χ0v) is 22.9. The molecule has 0 amide bonds. The van der Waals surface area contributed by atoms with Crippen molar-refractivity contribution in [2.75, 3.05) is 0 Å². The fourth-order valence-electron chi connectivity index (χ4n) is 0. The third-order valence-electron chi connectivity index (χ3n) is 0. The third kappa shape index (κ3) is 895. The van der Waals surface area contributed by atoms with Crippen molar-refractivity contribution < 1.29 is 173 Å². The van der Waals surface area contributed by atoms with E-state index in [0.717, 1.165) is 0 Å². The van der Waals surface area contributed by atoms with Crippen molar-refractivity contribution >= 4 is 34.7 Å². The fraction of sp³-hybridized carbons (Fsp3) is 0. The molecule has 0 aromatic carbocycles. The van der Waals surface area contributed by atoms with E-state index in [4.69, 9.17) is 53.5 Å². The molecule has 0 atom stereocenters. The van der Waals surface area contributed by atoms with Gasteiger partial charge < -0.3 is 0 Å². The van der Waals surface area contributed by atoms with Crippen molar-refractivity contribution in [3.05, 3.63) is 0 Å². The molecule has 0 aromatic rings. The minimum atomic E-state index is -4.08. The minimum absolute atomic E-state index is 0. The Balaban J connectivity index is -0.0000000197. The van der Waals surface area contributed by atoms with Crippen LogP contribution in [-0.4, -0.2) is 34.7 Å². The molecule has 0 aliphatic carbocycles. The van der Waals surface area contributed by atoms with Crippen molar-refractivity contribution in [1.29, 1.82) is 0 Å². The Labute approximate surface area is 203 Å². The SMILES string of the molecule is [Al+3].[Al+3].[O]=[Ti]([O-])[O-].[O]=[Ti]([O-])[O-].[O]=[Ti]([O-])[O-].[O]=[Ti]([O-])[O-].[O]=[Ti]([O-])[O-].[Zr+4]. The number of hydrogen-bond acceptors (Lipinski definition) is 15. The van der Waals surface area contributed by atoms with Crippen LogP contribution in [0.15, 0.2) is 0 Å². The summed E-state index contributed by atoms with van der Waals surface area (Å²) in [6, 6.07) is 0. The molecule has 23 heavy (non-hydrogen) atoms. The molecule has 0 aliphatic heterocycles. The van der Waals surface area contributed by atoms with Gasteiger partial charge in [-0.15, -0.1) is 0 Å². The molecule has 0 saturated carbocycles. The first-order chi connectivity index (χ1) is 8.66. The van der Waals surface area contributed by atoms with Gasteiger partial charge in [-0.1, -0.05) is 0 Å². The first-order valence-electron chi connectivity index (χ1n) is 3.06. The predicted octanol–water partition coefficient (Wildman–Crippen LogP) is -13.3. The predicted molar refractivity (Wildman–Crippen MR) is 14.9 cm³/mol. The van der Waals surface area contributed by atoms with Gasteiger partial charge >= 0.3 is 208 Å². The van der Waals surface area contributed by atoms with E-state index < -0.39 is 93.1 Å². The third-order valence-corrected chi connectivity index (χ3v) is 0. The van der Waals surface area contributed by atoms with Crippen LogP contribution in [0.3, 0.4) is 0 Å². The monoisotopic (exact) mass is 624 g/mol.